The number of anilines is 1. The molecule has 152 valence electrons. The Labute approximate surface area is 183 Å². The molecule has 1 fully saturated rings. The van der Waals surface area contributed by atoms with E-state index < -0.39 is 10.1 Å². The molecule has 0 radical (unpaired) electrons. The van der Waals surface area contributed by atoms with Crippen molar-refractivity contribution in [1.82, 2.24) is 0 Å². The summed E-state index contributed by atoms with van der Waals surface area (Å²) in [4.78, 5) is 14.8. The molecule has 29 heavy (non-hydrogen) atoms. The molecule has 0 aliphatic carbocycles. The minimum atomic E-state index is -3.79. The molecule has 0 N–H and O–H groups in total. The van der Waals surface area contributed by atoms with E-state index in [1.165, 1.54) is 35.9 Å². The SMILES string of the molecule is COc1cc(C=C2SC(=S)N(c3ccc(C)cc3)C2=O)cc(Cl)c1OS(C)(=O)=O. The number of hydrogen-bond acceptors (Lipinski definition) is 7. The lowest BCUT2D eigenvalue weighted by Crippen LogP contribution is -2.27. The molecule has 1 aliphatic rings. The maximum atomic E-state index is 12.9. The number of hydrogen-bond donors (Lipinski definition) is 0. The topological polar surface area (TPSA) is 72.9 Å². The van der Waals surface area contributed by atoms with Crippen molar-refractivity contribution in [2.24, 2.45) is 0 Å². The van der Waals surface area contributed by atoms with Gasteiger partial charge in [0.05, 0.1) is 29.0 Å². The molecule has 0 spiro atoms. The van der Waals surface area contributed by atoms with Crippen molar-refractivity contribution in [2.45, 2.75) is 6.92 Å². The molecule has 2 aromatic rings. The quantitative estimate of drug-likeness (QED) is 0.365. The highest BCUT2D eigenvalue weighted by Gasteiger charge is 2.33. The van der Waals surface area contributed by atoms with Crippen molar-refractivity contribution in [2.75, 3.05) is 18.3 Å². The summed E-state index contributed by atoms with van der Waals surface area (Å²) in [6, 6.07) is 10.5. The van der Waals surface area contributed by atoms with E-state index in [1.54, 1.807) is 6.08 Å². The fourth-order valence-corrected chi connectivity index (χ4v) is 4.67. The number of amides is 1. The van der Waals surface area contributed by atoms with Crippen LogP contribution in [0.25, 0.3) is 6.08 Å². The number of rotatable bonds is 5. The van der Waals surface area contributed by atoms with Crippen molar-refractivity contribution in [3.05, 3.63) is 57.5 Å². The summed E-state index contributed by atoms with van der Waals surface area (Å²) in [6.45, 7) is 1.96. The minimum absolute atomic E-state index is 0.0371. The van der Waals surface area contributed by atoms with E-state index in [-0.39, 0.29) is 22.4 Å². The van der Waals surface area contributed by atoms with Gasteiger partial charge in [-0.2, -0.15) is 8.42 Å². The lowest BCUT2D eigenvalue weighted by Gasteiger charge is -2.14. The van der Waals surface area contributed by atoms with Crippen LogP contribution in [-0.4, -0.2) is 32.0 Å². The monoisotopic (exact) mass is 469 g/mol. The standard InChI is InChI=1S/C19H16ClNO5S3/c1-11-4-6-13(7-5-11)21-18(22)16(28-19(21)27)10-12-8-14(20)17(15(9-12)25-2)26-29(3,23)24/h4-10H,1-3H3. The highest BCUT2D eigenvalue weighted by Crippen LogP contribution is 2.40. The Bertz CT molecular complexity index is 1130. The second-order valence-electron chi connectivity index (χ2n) is 6.17. The second-order valence-corrected chi connectivity index (χ2v) is 9.83. The fourth-order valence-electron chi connectivity index (χ4n) is 2.59. The van der Waals surface area contributed by atoms with Gasteiger partial charge in [0, 0.05) is 0 Å². The first-order chi connectivity index (χ1) is 13.6. The minimum Gasteiger partial charge on any atom is -0.493 e. The summed E-state index contributed by atoms with van der Waals surface area (Å²) in [5.41, 5.74) is 2.30. The third-order valence-corrected chi connectivity index (χ3v) is 5.92. The van der Waals surface area contributed by atoms with Gasteiger partial charge in [-0.15, -0.1) is 0 Å². The summed E-state index contributed by atoms with van der Waals surface area (Å²) in [5, 5.41) is 0.0371. The van der Waals surface area contributed by atoms with Crippen LogP contribution in [0.4, 0.5) is 5.69 Å². The molecule has 1 heterocycles. The van der Waals surface area contributed by atoms with Crippen LogP contribution >= 0.6 is 35.6 Å². The van der Waals surface area contributed by atoms with Crippen LogP contribution in [0.2, 0.25) is 5.02 Å². The summed E-state index contributed by atoms with van der Waals surface area (Å²) in [6.07, 6.45) is 2.53. The molecular formula is C19H16ClNO5S3. The van der Waals surface area contributed by atoms with Crippen LogP contribution in [0.5, 0.6) is 11.5 Å². The van der Waals surface area contributed by atoms with Gasteiger partial charge in [-0.1, -0.05) is 53.3 Å². The van der Waals surface area contributed by atoms with Crippen LogP contribution in [0.3, 0.4) is 0 Å². The first kappa shape index (κ1) is 21.6. The number of nitrogens with zero attached hydrogens (tertiary/aromatic N) is 1. The summed E-state index contributed by atoms with van der Waals surface area (Å²) in [7, 11) is -2.42. The molecule has 1 aliphatic heterocycles. The average molecular weight is 470 g/mol. The molecule has 1 saturated heterocycles. The van der Waals surface area contributed by atoms with E-state index >= 15 is 0 Å². The summed E-state index contributed by atoms with van der Waals surface area (Å²) >= 11 is 12.7. The van der Waals surface area contributed by atoms with Crippen molar-refractivity contribution < 1.29 is 22.1 Å². The Morgan fingerprint density at radius 3 is 2.45 bits per heavy atom. The number of carbonyl (C=O) groups is 1. The Morgan fingerprint density at radius 1 is 1.21 bits per heavy atom. The van der Waals surface area contributed by atoms with Crippen LogP contribution in [-0.2, 0) is 14.9 Å². The smallest absolute Gasteiger partial charge is 0.306 e. The average Bonchev–Trinajstić information content (AvgIpc) is 2.90. The predicted octanol–water partition coefficient (Wildman–Crippen LogP) is 4.40. The maximum absolute atomic E-state index is 12.9. The van der Waals surface area contributed by atoms with E-state index in [1.807, 2.05) is 31.2 Å². The number of aryl methyl sites for hydroxylation is 1. The highest BCUT2D eigenvalue weighted by atomic mass is 35.5. The number of halogens is 1. The zero-order valence-corrected chi connectivity index (χ0v) is 18.8. The van der Waals surface area contributed by atoms with E-state index in [9.17, 15) is 13.2 Å². The van der Waals surface area contributed by atoms with Gasteiger partial charge in [0.25, 0.3) is 5.91 Å². The molecule has 0 aromatic heterocycles. The van der Waals surface area contributed by atoms with Crippen molar-refractivity contribution >= 4 is 67.7 Å². The second kappa shape index (κ2) is 8.35. The number of thioether (sulfide) groups is 1. The lowest BCUT2D eigenvalue weighted by atomic mass is 10.1. The van der Waals surface area contributed by atoms with E-state index in [0.29, 0.717) is 20.5 Å². The summed E-state index contributed by atoms with van der Waals surface area (Å²) < 4.78 is 33.4. The van der Waals surface area contributed by atoms with Crippen molar-refractivity contribution in [1.29, 1.82) is 0 Å². The van der Waals surface area contributed by atoms with Crippen molar-refractivity contribution in [3.63, 3.8) is 0 Å². The molecule has 0 bridgehead atoms. The van der Waals surface area contributed by atoms with Gasteiger partial charge in [-0.05, 0) is 42.8 Å². The largest absolute Gasteiger partial charge is 0.493 e. The lowest BCUT2D eigenvalue weighted by molar-refractivity contribution is -0.113. The Morgan fingerprint density at radius 2 is 1.86 bits per heavy atom. The van der Waals surface area contributed by atoms with Crippen molar-refractivity contribution in [3.8, 4) is 11.5 Å². The Balaban J connectivity index is 1.96. The number of benzene rings is 2. The van der Waals surface area contributed by atoms with Crippen LogP contribution in [0, 0.1) is 6.92 Å². The zero-order valence-electron chi connectivity index (χ0n) is 15.6. The first-order valence-electron chi connectivity index (χ1n) is 8.20. The molecule has 3 rings (SSSR count). The molecule has 6 nitrogen and oxygen atoms in total. The summed E-state index contributed by atoms with van der Waals surface area (Å²) in [5.74, 6) is -0.236. The van der Waals surface area contributed by atoms with Crippen LogP contribution in [0.15, 0.2) is 41.3 Å². The fraction of sp³-hybridized carbons (Fsp3) is 0.158. The molecule has 10 heteroatoms. The van der Waals surface area contributed by atoms with Crippen LogP contribution < -0.4 is 13.8 Å². The molecule has 0 unspecified atom stereocenters. The van der Waals surface area contributed by atoms with E-state index in [2.05, 4.69) is 0 Å². The van der Waals surface area contributed by atoms with Gasteiger partial charge in [-0.25, -0.2) is 0 Å². The van der Waals surface area contributed by atoms with E-state index in [0.717, 1.165) is 11.8 Å². The molecule has 1 amide bonds. The Kier molecular flexibility index (Phi) is 6.23. The van der Waals surface area contributed by atoms with Gasteiger partial charge < -0.3 is 8.92 Å². The maximum Gasteiger partial charge on any atom is 0.306 e. The highest BCUT2D eigenvalue weighted by molar-refractivity contribution is 8.27. The van der Waals surface area contributed by atoms with Crippen LogP contribution in [0.1, 0.15) is 11.1 Å². The van der Waals surface area contributed by atoms with E-state index in [4.69, 9.17) is 32.7 Å². The number of methoxy groups -OCH3 is 1. The number of thiocarbonyl (C=S) groups is 1. The molecular weight excluding hydrogens is 454 g/mol. The van der Waals surface area contributed by atoms with Gasteiger partial charge in [0.1, 0.15) is 0 Å². The third-order valence-electron chi connectivity index (χ3n) is 3.87. The normalized spacial score (nSPS) is 15.9. The predicted molar refractivity (Wildman–Crippen MR) is 120 cm³/mol. The van der Waals surface area contributed by atoms with Gasteiger partial charge in [0.2, 0.25) is 5.75 Å². The number of ether oxygens (including phenoxy) is 1. The third kappa shape index (κ3) is 4.92. The Hall–Kier alpha value is -2.07. The number of carbonyl (C=O) groups excluding carboxylic acids is 1. The molecule has 0 atom stereocenters. The first-order valence-corrected chi connectivity index (χ1v) is 11.6. The van der Waals surface area contributed by atoms with Gasteiger partial charge in [-0.3, -0.25) is 9.69 Å². The molecule has 0 saturated carbocycles. The van der Waals surface area contributed by atoms with Gasteiger partial charge in [0.15, 0.2) is 10.1 Å². The van der Waals surface area contributed by atoms with Gasteiger partial charge >= 0.3 is 10.1 Å². The zero-order chi connectivity index (χ0) is 21.3. The molecule has 2 aromatic carbocycles.